The third-order valence-corrected chi connectivity index (χ3v) is 6.21. The first-order valence-electron chi connectivity index (χ1n) is 12.0. The number of alkyl halides is 1. The molecule has 2 unspecified atom stereocenters. The predicted molar refractivity (Wildman–Crippen MR) is 155 cm³/mol. The second-order valence-electron chi connectivity index (χ2n) is 8.48. The maximum Gasteiger partial charge on any atom is 0.214 e. The number of anilines is 2. The number of aromatic amines is 1. The van der Waals surface area contributed by atoms with E-state index in [0.29, 0.717) is 11.4 Å². The molecule has 10 heteroatoms. The fourth-order valence-electron chi connectivity index (χ4n) is 3.70. The van der Waals surface area contributed by atoms with Crippen molar-refractivity contribution in [1.82, 2.24) is 14.8 Å². The van der Waals surface area contributed by atoms with Gasteiger partial charge in [0.25, 0.3) is 0 Å². The summed E-state index contributed by atoms with van der Waals surface area (Å²) in [5, 5.41) is 4.35. The number of ketones is 1. The molecule has 0 radical (unpaired) electrons. The van der Waals surface area contributed by atoms with Crippen molar-refractivity contribution in [2.75, 3.05) is 23.3 Å². The van der Waals surface area contributed by atoms with Gasteiger partial charge in [0.2, 0.25) is 5.78 Å². The van der Waals surface area contributed by atoms with Crippen LogP contribution in [0.15, 0.2) is 83.8 Å². The predicted octanol–water partition coefficient (Wildman–Crippen LogP) is 5.83. The first-order chi connectivity index (χ1) is 18.3. The summed E-state index contributed by atoms with van der Waals surface area (Å²) in [5.41, 5.74) is 10.2. The normalized spacial score (nSPS) is 17.6. The highest BCUT2D eigenvalue weighted by molar-refractivity contribution is 7.99. The molecule has 0 spiro atoms. The van der Waals surface area contributed by atoms with Crippen LogP contribution in [0, 0.1) is 6.92 Å². The maximum atomic E-state index is 13.8. The summed E-state index contributed by atoms with van der Waals surface area (Å²) in [5.74, 6) is -0.154. The van der Waals surface area contributed by atoms with E-state index >= 15 is 0 Å². The molecule has 4 N–H and O–H groups in total. The third-order valence-electron chi connectivity index (χ3n) is 5.79. The molecule has 8 nitrogen and oxygen atoms in total. The van der Waals surface area contributed by atoms with Crippen molar-refractivity contribution >= 4 is 41.7 Å². The molecule has 3 rings (SSSR count). The van der Waals surface area contributed by atoms with E-state index in [4.69, 9.17) is 10.5 Å². The van der Waals surface area contributed by atoms with Gasteiger partial charge in [0.15, 0.2) is 0 Å². The Balaban J connectivity index is 1.83. The molecule has 1 aliphatic rings. The van der Waals surface area contributed by atoms with Gasteiger partial charge in [-0.1, -0.05) is 54.5 Å². The molecule has 0 saturated heterocycles. The molecule has 2 atom stereocenters. The van der Waals surface area contributed by atoms with Crippen LogP contribution in [0.2, 0.25) is 0 Å². The van der Waals surface area contributed by atoms with Crippen molar-refractivity contribution in [2.45, 2.75) is 32.5 Å². The van der Waals surface area contributed by atoms with Crippen LogP contribution in [0.1, 0.15) is 35.0 Å². The second-order valence-corrected chi connectivity index (χ2v) is 9.09. The standard InChI is InChI=1S/C28H33FN6O2S/c1-19-8-7-11-25(32-14-12-24(19)34-38-4)27(36)23-17-33-35(28(23)30)26(18-31-3)20(2)13-15-37-22-10-6-5-9-21(29)16-22/h5-14,17-18,21-22,32,34H,3,15-16,30H2,1-2,4H3/b8-7?,14-12?,20-13-,24-19?,25-11?,26-18+. The van der Waals surface area contributed by atoms with Gasteiger partial charge in [-0.15, -0.1) is 0 Å². The Morgan fingerprint density at radius 2 is 2.18 bits per heavy atom. The first-order valence-corrected chi connectivity index (χ1v) is 13.2. The van der Waals surface area contributed by atoms with Gasteiger partial charge in [-0.25, -0.2) is 9.07 Å². The number of hydrogen-bond acceptors (Lipinski definition) is 7. The average Bonchev–Trinajstić information content (AvgIpc) is 3.18. The van der Waals surface area contributed by atoms with Crippen molar-refractivity contribution in [3.8, 4) is 0 Å². The van der Waals surface area contributed by atoms with Crippen molar-refractivity contribution < 1.29 is 13.9 Å². The molecular formula is C28H33FN6O2S. The van der Waals surface area contributed by atoms with Crippen molar-refractivity contribution in [1.29, 1.82) is 0 Å². The molecule has 0 aliphatic heterocycles. The number of aliphatic imine (C=N–C) groups is 1. The zero-order valence-corrected chi connectivity index (χ0v) is 22.5. The summed E-state index contributed by atoms with van der Waals surface area (Å²) >= 11 is 1.48. The lowest BCUT2D eigenvalue weighted by Gasteiger charge is -2.14. The highest BCUT2D eigenvalue weighted by Crippen LogP contribution is 2.24. The van der Waals surface area contributed by atoms with E-state index in [1.54, 1.807) is 30.5 Å². The van der Waals surface area contributed by atoms with Gasteiger partial charge < -0.3 is 20.2 Å². The number of carbonyl (C=O) groups excluding carboxylic acids is 1. The number of nitrogens with two attached hydrogens (primary N) is 1. The molecule has 38 heavy (non-hydrogen) atoms. The fraction of sp³-hybridized carbons (Fsp3) is 0.250. The topological polar surface area (TPSA) is 110 Å². The Kier molecular flexibility index (Phi) is 10.7. The van der Waals surface area contributed by atoms with E-state index in [-0.39, 0.29) is 36.3 Å². The van der Waals surface area contributed by atoms with Crippen LogP contribution in [-0.2, 0) is 4.74 Å². The van der Waals surface area contributed by atoms with Crippen molar-refractivity contribution in [3.63, 3.8) is 0 Å². The van der Waals surface area contributed by atoms with Gasteiger partial charge in [0.1, 0.15) is 12.0 Å². The molecule has 0 aromatic carbocycles. The maximum absolute atomic E-state index is 13.8. The molecule has 0 bridgehead atoms. The highest BCUT2D eigenvalue weighted by Gasteiger charge is 2.20. The number of halogens is 1. The summed E-state index contributed by atoms with van der Waals surface area (Å²) in [6.45, 7) is 7.61. The number of nitrogens with one attached hydrogen (secondary N) is 2. The van der Waals surface area contributed by atoms with Crippen LogP contribution < -0.4 is 10.5 Å². The number of aromatic nitrogens is 3. The number of hydrogen-bond donors (Lipinski definition) is 3. The number of ether oxygens (including phenoxy) is 1. The number of carbonyl (C=O) groups is 1. The van der Waals surface area contributed by atoms with Gasteiger partial charge >= 0.3 is 0 Å². The monoisotopic (exact) mass is 536 g/mol. The minimum atomic E-state index is -1.05. The minimum absolute atomic E-state index is 0.159. The molecule has 200 valence electrons. The Hall–Kier alpha value is -3.89. The van der Waals surface area contributed by atoms with Gasteiger partial charge in [0.05, 0.1) is 42.1 Å². The molecule has 2 aromatic heterocycles. The molecule has 2 aromatic rings. The van der Waals surface area contributed by atoms with Gasteiger partial charge in [0, 0.05) is 24.6 Å². The Morgan fingerprint density at radius 3 is 2.95 bits per heavy atom. The highest BCUT2D eigenvalue weighted by atomic mass is 32.2. The van der Waals surface area contributed by atoms with Crippen LogP contribution >= 0.6 is 11.9 Å². The second kappa shape index (κ2) is 14.2. The quantitative estimate of drug-likeness (QED) is 0.152. The molecular weight excluding hydrogens is 503 g/mol. The Morgan fingerprint density at radius 1 is 1.39 bits per heavy atom. The van der Waals surface area contributed by atoms with Crippen LogP contribution in [0.25, 0.3) is 5.70 Å². The Bertz CT molecular complexity index is 1320. The van der Waals surface area contributed by atoms with E-state index in [9.17, 15) is 9.18 Å². The number of aryl methyl sites for hydroxylation is 1. The van der Waals surface area contributed by atoms with Crippen LogP contribution in [0.5, 0.6) is 0 Å². The fourth-order valence-corrected chi connectivity index (χ4v) is 4.14. The molecule has 2 heterocycles. The molecule has 0 fully saturated rings. The molecule has 0 amide bonds. The SMILES string of the molecule is C=N/C=C(\C(C)=C/COC1C=CC=CC(F)C1)n1ncc(C(=O)c2cccc(C)c(NSC)cc[nH]2)c1N. The third kappa shape index (κ3) is 7.56. The summed E-state index contributed by atoms with van der Waals surface area (Å²) in [6.07, 6.45) is 14.1. The number of rotatable bonds is 10. The van der Waals surface area contributed by atoms with Crippen molar-refractivity contribution in [3.05, 3.63) is 95.6 Å². The lowest BCUT2D eigenvalue weighted by molar-refractivity contribution is 0.0886. The number of allylic oxidation sites excluding steroid dienone is 5. The largest absolute Gasteiger partial charge is 0.383 e. The zero-order chi connectivity index (χ0) is 27.5. The van der Waals surface area contributed by atoms with Gasteiger partial charge in [-0.05, 0) is 43.8 Å². The van der Waals surface area contributed by atoms with Gasteiger partial charge in [-0.2, -0.15) is 5.10 Å². The van der Waals surface area contributed by atoms with Crippen LogP contribution in [0.3, 0.4) is 0 Å². The van der Waals surface area contributed by atoms with Crippen molar-refractivity contribution in [2.24, 2.45) is 4.99 Å². The summed E-state index contributed by atoms with van der Waals surface area (Å²) in [6, 6.07) is 7.27. The summed E-state index contributed by atoms with van der Waals surface area (Å²) in [4.78, 5) is 20.3. The Labute approximate surface area is 226 Å². The van der Waals surface area contributed by atoms with E-state index in [1.165, 1.54) is 35.1 Å². The van der Waals surface area contributed by atoms with Crippen LogP contribution in [0.4, 0.5) is 15.9 Å². The zero-order valence-electron chi connectivity index (χ0n) is 21.7. The lowest BCUT2D eigenvalue weighted by Crippen LogP contribution is -2.15. The van der Waals surface area contributed by atoms with E-state index in [1.807, 2.05) is 44.4 Å². The number of nitrogens with zero attached hydrogens (tertiary/aromatic N) is 3. The summed E-state index contributed by atoms with van der Waals surface area (Å²) < 4.78 is 24.2. The smallest absolute Gasteiger partial charge is 0.214 e. The van der Waals surface area contributed by atoms with E-state index < -0.39 is 6.17 Å². The lowest BCUT2D eigenvalue weighted by atomic mass is 10.1. The minimum Gasteiger partial charge on any atom is -0.383 e. The number of H-pyrrole nitrogens is 1. The van der Waals surface area contributed by atoms with Crippen LogP contribution in [-0.4, -0.2) is 52.4 Å². The average molecular weight is 537 g/mol. The summed E-state index contributed by atoms with van der Waals surface area (Å²) in [7, 11) is 0. The number of nitrogen functional groups attached to an aromatic ring is 1. The van der Waals surface area contributed by atoms with E-state index in [2.05, 4.69) is 26.5 Å². The van der Waals surface area contributed by atoms with Gasteiger partial charge in [-0.3, -0.25) is 9.79 Å². The molecule has 1 aliphatic carbocycles. The molecule has 0 saturated carbocycles. The van der Waals surface area contributed by atoms with E-state index in [0.717, 1.165) is 16.8 Å². The first kappa shape index (κ1) is 28.7.